The maximum absolute atomic E-state index is 12.5. The molecule has 0 spiro atoms. The summed E-state index contributed by atoms with van der Waals surface area (Å²) < 4.78 is 83.1. The summed E-state index contributed by atoms with van der Waals surface area (Å²) in [6.07, 6.45) is -6.97. The fourth-order valence-electron chi connectivity index (χ4n) is 1.36. The Morgan fingerprint density at radius 3 is 1.79 bits per heavy atom. The van der Waals surface area contributed by atoms with Gasteiger partial charge in [-0.05, 0) is 19.3 Å². The third kappa shape index (κ3) is 7.66. The van der Waals surface area contributed by atoms with Crippen molar-refractivity contribution in [3.63, 3.8) is 0 Å². The summed E-state index contributed by atoms with van der Waals surface area (Å²) in [5.74, 6) is -5.84. The minimum atomic E-state index is -5.65. The molecule has 0 fully saturated rings. The molecule has 0 aliphatic carbocycles. The highest BCUT2D eigenvalue weighted by molar-refractivity contribution is 7.91. The highest BCUT2D eigenvalue weighted by Crippen LogP contribution is 2.38. The van der Waals surface area contributed by atoms with E-state index in [0.29, 0.717) is 12.8 Å². The van der Waals surface area contributed by atoms with E-state index in [4.69, 9.17) is 0 Å². The van der Waals surface area contributed by atoms with Crippen LogP contribution in [0.25, 0.3) is 0 Å². The third-order valence-electron chi connectivity index (χ3n) is 2.46. The van der Waals surface area contributed by atoms with Crippen LogP contribution < -0.4 is 0 Å². The van der Waals surface area contributed by atoms with Crippen molar-refractivity contribution < 1.29 is 35.5 Å². The van der Waals surface area contributed by atoms with Crippen LogP contribution in [0.3, 0.4) is 0 Å². The van der Waals surface area contributed by atoms with Crippen LogP contribution in [0.1, 0.15) is 32.1 Å². The molecule has 19 heavy (non-hydrogen) atoms. The first-order chi connectivity index (χ1) is 8.52. The van der Waals surface area contributed by atoms with Crippen LogP contribution in [0.2, 0.25) is 0 Å². The van der Waals surface area contributed by atoms with Crippen LogP contribution in [0.5, 0.6) is 0 Å². The summed E-state index contributed by atoms with van der Waals surface area (Å²) in [4.78, 5) is 0. The first-order valence-electron chi connectivity index (χ1n) is 5.75. The van der Waals surface area contributed by atoms with Gasteiger partial charge in [-0.1, -0.05) is 6.42 Å². The lowest BCUT2D eigenvalue weighted by molar-refractivity contribution is -0.284. The highest BCUT2D eigenvalue weighted by Gasteiger charge is 2.56. The number of sulfone groups is 1. The molecule has 115 valence electrons. The minimum absolute atomic E-state index is 0.222. The summed E-state index contributed by atoms with van der Waals surface area (Å²) in [5, 5.41) is 10.1. The standard InChI is InChI=1S/C10H16F5O3S/c11-9(12,10(13,14)15)5-4-8-19(17,18)7-3-1-2-6-16/h1-8H2. The van der Waals surface area contributed by atoms with Crippen LogP contribution in [-0.2, 0) is 14.9 Å². The molecule has 0 N–H and O–H groups in total. The van der Waals surface area contributed by atoms with Gasteiger partial charge in [0.15, 0.2) is 0 Å². The van der Waals surface area contributed by atoms with Crippen molar-refractivity contribution in [2.45, 2.75) is 44.2 Å². The number of alkyl halides is 5. The van der Waals surface area contributed by atoms with E-state index < -0.39 is 40.5 Å². The number of hydrogen-bond acceptors (Lipinski definition) is 2. The predicted octanol–water partition coefficient (Wildman–Crippen LogP) is 2.98. The van der Waals surface area contributed by atoms with Crippen LogP contribution in [-0.4, -0.2) is 38.6 Å². The third-order valence-corrected chi connectivity index (χ3v) is 4.28. The van der Waals surface area contributed by atoms with Gasteiger partial charge >= 0.3 is 12.1 Å². The van der Waals surface area contributed by atoms with Gasteiger partial charge in [-0.2, -0.15) is 22.0 Å². The molecule has 0 amide bonds. The van der Waals surface area contributed by atoms with Gasteiger partial charge in [0.1, 0.15) is 9.84 Å². The Bertz CT molecular complexity index is 351. The Morgan fingerprint density at radius 2 is 1.32 bits per heavy atom. The van der Waals surface area contributed by atoms with Gasteiger partial charge in [0.2, 0.25) is 0 Å². The molecule has 0 unspecified atom stereocenters. The molecule has 0 aliphatic heterocycles. The van der Waals surface area contributed by atoms with E-state index in [-0.39, 0.29) is 18.8 Å². The number of halogens is 5. The maximum atomic E-state index is 12.5. The zero-order valence-corrected chi connectivity index (χ0v) is 11.0. The maximum Gasteiger partial charge on any atom is 0.453 e. The Labute approximate surface area is 108 Å². The van der Waals surface area contributed by atoms with Gasteiger partial charge in [0, 0.05) is 6.42 Å². The van der Waals surface area contributed by atoms with E-state index in [2.05, 4.69) is 0 Å². The number of rotatable bonds is 9. The number of hydrogen-bond donors (Lipinski definition) is 0. The van der Waals surface area contributed by atoms with Gasteiger partial charge in [0.25, 0.3) is 0 Å². The minimum Gasteiger partial charge on any atom is -0.237 e. The normalized spacial score (nSPS) is 13.8. The van der Waals surface area contributed by atoms with Gasteiger partial charge in [-0.25, -0.2) is 13.5 Å². The molecule has 9 heteroatoms. The zero-order chi connectivity index (χ0) is 15.2. The Hall–Kier alpha value is -0.440. The van der Waals surface area contributed by atoms with Gasteiger partial charge in [0.05, 0.1) is 18.1 Å². The molecule has 0 aliphatic rings. The Morgan fingerprint density at radius 1 is 0.789 bits per heavy atom. The van der Waals surface area contributed by atoms with Crippen molar-refractivity contribution >= 4 is 9.84 Å². The summed E-state index contributed by atoms with van der Waals surface area (Å²) in [7, 11) is -3.63. The van der Waals surface area contributed by atoms with E-state index in [1.54, 1.807) is 0 Å². The fourth-order valence-corrected chi connectivity index (χ4v) is 2.79. The van der Waals surface area contributed by atoms with Crippen LogP contribution >= 0.6 is 0 Å². The molecule has 0 saturated carbocycles. The molecule has 0 rings (SSSR count). The lowest BCUT2D eigenvalue weighted by atomic mass is 10.2. The number of unbranched alkanes of at least 4 members (excludes halogenated alkanes) is 2. The Kier molecular flexibility index (Phi) is 7.20. The van der Waals surface area contributed by atoms with Crippen molar-refractivity contribution in [2.24, 2.45) is 0 Å². The van der Waals surface area contributed by atoms with E-state index in [1.807, 2.05) is 0 Å². The molecule has 3 nitrogen and oxygen atoms in total. The van der Waals surface area contributed by atoms with Crippen molar-refractivity contribution in [1.82, 2.24) is 0 Å². The zero-order valence-electron chi connectivity index (χ0n) is 10.2. The van der Waals surface area contributed by atoms with E-state index in [9.17, 15) is 35.5 Å². The summed E-state index contributed by atoms with van der Waals surface area (Å²) in [6.45, 7) is -0.322. The lowest BCUT2D eigenvalue weighted by Gasteiger charge is -2.19. The van der Waals surface area contributed by atoms with Crippen LogP contribution in [0.4, 0.5) is 22.0 Å². The topological polar surface area (TPSA) is 54.0 Å². The molecular weight excluding hydrogens is 295 g/mol. The SMILES string of the molecule is [O]CCCCCS(=O)(=O)CCCC(F)(F)C(F)(F)F. The van der Waals surface area contributed by atoms with Gasteiger partial charge in [-0.15, -0.1) is 0 Å². The summed E-state index contributed by atoms with van der Waals surface area (Å²) in [6, 6.07) is 0. The second-order valence-corrected chi connectivity index (χ2v) is 6.53. The Balaban J connectivity index is 4.06. The van der Waals surface area contributed by atoms with Crippen molar-refractivity contribution in [2.75, 3.05) is 18.1 Å². The molecule has 0 saturated heterocycles. The first kappa shape index (κ1) is 18.6. The van der Waals surface area contributed by atoms with Crippen LogP contribution in [0, 0.1) is 0 Å². The molecule has 1 radical (unpaired) electrons. The van der Waals surface area contributed by atoms with E-state index >= 15 is 0 Å². The molecule has 0 aromatic carbocycles. The van der Waals surface area contributed by atoms with Crippen LogP contribution in [0.15, 0.2) is 0 Å². The summed E-state index contributed by atoms with van der Waals surface area (Å²) >= 11 is 0. The van der Waals surface area contributed by atoms with E-state index in [0.717, 1.165) is 0 Å². The second kappa shape index (κ2) is 7.37. The lowest BCUT2D eigenvalue weighted by Crippen LogP contribution is -2.36. The first-order valence-corrected chi connectivity index (χ1v) is 7.57. The van der Waals surface area contributed by atoms with Crippen molar-refractivity contribution in [1.29, 1.82) is 0 Å². The quantitative estimate of drug-likeness (QED) is 0.485. The van der Waals surface area contributed by atoms with E-state index in [1.165, 1.54) is 0 Å². The van der Waals surface area contributed by atoms with Crippen molar-refractivity contribution in [3.8, 4) is 0 Å². The van der Waals surface area contributed by atoms with Gasteiger partial charge < -0.3 is 0 Å². The predicted molar refractivity (Wildman–Crippen MR) is 58.3 cm³/mol. The largest absolute Gasteiger partial charge is 0.453 e. The molecule has 0 aromatic heterocycles. The molecule has 0 bridgehead atoms. The fraction of sp³-hybridized carbons (Fsp3) is 1.00. The smallest absolute Gasteiger partial charge is 0.237 e. The average molecular weight is 311 g/mol. The average Bonchev–Trinajstić information content (AvgIpc) is 2.22. The highest BCUT2D eigenvalue weighted by atomic mass is 32.2. The molecule has 0 aromatic rings. The monoisotopic (exact) mass is 311 g/mol. The second-order valence-electron chi connectivity index (χ2n) is 4.22. The van der Waals surface area contributed by atoms with Crippen molar-refractivity contribution in [3.05, 3.63) is 0 Å². The summed E-state index contributed by atoms with van der Waals surface area (Å²) in [5.41, 5.74) is 0. The molecular formula is C10H16F5O3S. The molecule has 0 atom stereocenters. The van der Waals surface area contributed by atoms with Gasteiger partial charge in [-0.3, -0.25) is 0 Å². The molecule has 0 heterocycles.